The van der Waals surface area contributed by atoms with E-state index in [0.29, 0.717) is 22.9 Å². The molecule has 0 aliphatic carbocycles. The van der Waals surface area contributed by atoms with Crippen LogP contribution in [0.1, 0.15) is 11.1 Å². The van der Waals surface area contributed by atoms with E-state index in [1.54, 1.807) is 31.1 Å². The number of hydrogen-bond acceptors (Lipinski definition) is 6. The van der Waals surface area contributed by atoms with Crippen molar-refractivity contribution >= 4 is 28.8 Å². The molecule has 3 rings (SSSR count). The molecule has 0 radical (unpaired) electrons. The molecule has 0 aliphatic heterocycles. The Balaban J connectivity index is 1.90. The highest BCUT2D eigenvalue weighted by Gasteiger charge is 2.31. The molecule has 10 heteroatoms. The minimum absolute atomic E-state index is 0.0606. The summed E-state index contributed by atoms with van der Waals surface area (Å²) in [6.07, 6.45) is 2.48. The maximum absolute atomic E-state index is 14.2. The number of nitrogens with one attached hydrogen (secondary N) is 1. The Morgan fingerprint density at radius 1 is 1.24 bits per heavy atom. The summed E-state index contributed by atoms with van der Waals surface area (Å²) >= 11 is 0. The van der Waals surface area contributed by atoms with E-state index < -0.39 is 28.5 Å². The van der Waals surface area contributed by atoms with Crippen molar-refractivity contribution in [1.29, 1.82) is 0 Å². The Morgan fingerprint density at radius 2 is 1.97 bits per heavy atom. The number of fused-ring (bicyclic) bond motifs is 1. The lowest BCUT2D eigenvalue weighted by Gasteiger charge is -2.31. The van der Waals surface area contributed by atoms with Gasteiger partial charge in [-0.15, -0.1) is 0 Å². The molecule has 0 saturated heterocycles. The van der Waals surface area contributed by atoms with Crippen molar-refractivity contribution in [1.82, 2.24) is 14.8 Å². The summed E-state index contributed by atoms with van der Waals surface area (Å²) in [6, 6.07) is 7.34. The van der Waals surface area contributed by atoms with Gasteiger partial charge in [0.05, 0.1) is 27.9 Å². The number of aromatic nitrogens is 1. The first-order valence-corrected chi connectivity index (χ1v) is 10.2. The minimum atomic E-state index is -0.953. The molecule has 174 valence electrons. The van der Waals surface area contributed by atoms with Gasteiger partial charge in [0.15, 0.2) is 0 Å². The number of aldehydes is 1. The fourth-order valence-electron chi connectivity index (χ4n) is 3.89. The van der Waals surface area contributed by atoms with Crippen LogP contribution in [0.25, 0.3) is 10.9 Å². The highest BCUT2D eigenvalue weighted by Crippen LogP contribution is 2.32. The number of H-pyrrole nitrogens is 1. The number of phenolic OH excluding ortho intramolecular Hbond substituents is 1. The van der Waals surface area contributed by atoms with Gasteiger partial charge < -0.3 is 19.8 Å². The van der Waals surface area contributed by atoms with E-state index in [9.17, 15) is 29.2 Å². The van der Waals surface area contributed by atoms with Crippen molar-refractivity contribution in [2.45, 2.75) is 24.9 Å². The van der Waals surface area contributed by atoms with Gasteiger partial charge in [-0.3, -0.25) is 19.8 Å². The molecule has 1 aromatic heterocycles. The Bertz CT molecular complexity index is 1190. The fourth-order valence-corrected chi connectivity index (χ4v) is 3.89. The van der Waals surface area contributed by atoms with Crippen LogP contribution in [-0.4, -0.2) is 70.2 Å². The van der Waals surface area contributed by atoms with E-state index in [0.717, 1.165) is 6.07 Å². The van der Waals surface area contributed by atoms with Crippen LogP contribution in [-0.2, 0) is 22.4 Å². The van der Waals surface area contributed by atoms with E-state index in [-0.39, 0.29) is 29.9 Å². The molecule has 2 unspecified atom stereocenters. The number of aromatic hydroxyl groups is 1. The predicted octanol–water partition coefficient (Wildman–Crippen LogP) is 2.66. The third kappa shape index (κ3) is 5.01. The number of phenols is 1. The van der Waals surface area contributed by atoms with Crippen molar-refractivity contribution in [3.8, 4) is 5.75 Å². The highest BCUT2D eigenvalue weighted by atomic mass is 19.1. The molecule has 0 spiro atoms. The summed E-state index contributed by atoms with van der Waals surface area (Å²) in [5.74, 6) is -1.26. The van der Waals surface area contributed by atoms with Crippen LogP contribution < -0.4 is 0 Å². The zero-order valence-electron chi connectivity index (χ0n) is 18.5. The third-order valence-corrected chi connectivity index (χ3v) is 5.71. The Morgan fingerprint density at radius 3 is 2.58 bits per heavy atom. The lowest BCUT2D eigenvalue weighted by molar-refractivity contribution is -0.385. The van der Waals surface area contributed by atoms with E-state index in [1.807, 2.05) is 0 Å². The van der Waals surface area contributed by atoms with Gasteiger partial charge in [0.1, 0.15) is 12.0 Å². The molecule has 0 fully saturated rings. The lowest BCUT2D eigenvalue weighted by Crippen LogP contribution is -2.50. The van der Waals surface area contributed by atoms with Crippen molar-refractivity contribution in [2.75, 3.05) is 21.1 Å². The van der Waals surface area contributed by atoms with Gasteiger partial charge in [-0.2, -0.15) is 4.39 Å². The number of nitro benzene ring substituents is 1. The molecular formula is C23H25FN4O5. The van der Waals surface area contributed by atoms with Gasteiger partial charge in [0.2, 0.25) is 11.7 Å². The number of carbonyl (C=O) groups is 2. The first-order valence-electron chi connectivity index (χ1n) is 10.2. The molecule has 2 atom stereocenters. The largest absolute Gasteiger partial charge is 0.508 e. The number of carbonyl (C=O) groups excluding carboxylic acids is 2. The second-order valence-electron chi connectivity index (χ2n) is 8.10. The third-order valence-electron chi connectivity index (χ3n) is 5.71. The number of nitro groups is 1. The number of halogens is 1. The zero-order valence-corrected chi connectivity index (χ0v) is 18.5. The van der Waals surface area contributed by atoms with Crippen LogP contribution in [0.3, 0.4) is 0 Å². The normalized spacial score (nSPS) is 13.1. The van der Waals surface area contributed by atoms with Gasteiger partial charge in [-0.25, -0.2) is 0 Å². The van der Waals surface area contributed by atoms with Crippen LogP contribution in [0.2, 0.25) is 0 Å². The minimum Gasteiger partial charge on any atom is -0.508 e. The van der Waals surface area contributed by atoms with E-state index >= 15 is 0 Å². The molecule has 1 heterocycles. The van der Waals surface area contributed by atoms with Gasteiger partial charge in [0.25, 0.3) is 0 Å². The van der Waals surface area contributed by atoms with Crippen molar-refractivity contribution < 1.29 is 24.0 Å². The van der Waals surface area contributed by atoms with E-state index in [1.165, 1.54) is 36.3 Å². The Kier molecular flexibility index (Phi) is 7.07. The van der Waals surface area contributed by atoms with Crippen LogP contribution in [0.15, 0.2) is 42.6 Å². The quantitative estimate of drug-likeness (QED) is 0.290. The molecule has 1 amide bonds. The number of nitrogens with zero attached hydrogens (tertiary/aromatic N) is 3. The summed E-state index contributed by atoms with van der Waals surface area (Å²) in [6.45, 7) is 0. The van der Waals surface area contributed by atoms with Gasteiger partial charge in [-0.05, 0) is 62.3 Å². The molecular weight excluding hydrogens is 431 g/mol. The molecule has 2 N–H and O–H groups in total. The smallest absolute Gasteiger partial charge is 0.314 e. The van der Waals surface area contributed by atoms with Crippen LogP contribution >= 0.6 is 0 Å². The lowest BCUT2D eigenvalue weighted by atomic mass is 10.00. The second-order valence-corrected chi connectivity index (χ2v) is 8.10. The number of aromatic amines is 1. The maximum atomic E-state index is 14.2. The molecule has 2 aromatic carbocycles. The number of rotatable bonds is 9. The van der Waals surface area contributed by atoms with E-state index in [4.69, 9.17) is 0 Å². The average molecular weight is 456 g/mol. The number of benzene rings is 2. The standard InChI is InChI=1S/C23H25FN4O5/c1-26(2)20(11-15-12-25-19-8-7-18(24)22(21(15)19)28(32)33)23(31)27(3)16(13-29)9-14-5-4-6-17(30)10-14/h4-8,10,12-13,16,20,25,30H,9,11H2,1-3H3. The average Bonchev–Trinajstić information content (AvgIpc) is 3.17. The SMILES string of the molecule is CN(C)C(Cc1c[nH]c2ccc(F)c([N+](=O)[O-])c12)C(=O)N(C)C(C=O)Cc1cccc(O)c1. The maximum Gasteiger partial charge on any atom is 0.314 e. The van der Waals surface area contributed by atoms with Gasteiger partial charge in [0, 0.05) is 13.2 Å². The van der Waals surface area contributed by atoms with Crippen molar-refractivity contribution in [3.05, 3.63) is 69.7 Å². The topological polar surface area (TPSA) is 120 Å². The molecule has 0 bridgehead atoms. The van der Waals surface area contributed by atoms with Crippen molar-refractivity contribution in [3.63, 3.8) is 0 Å². The zero-order chi connectivity index (χ0) is 24.3. The molecule has 3 aromatic rings. The molecule has 0 aliphatic rings. The van der Waals surface area contributed by atoms with Crippen molar-refractivity contribution in [2.24, 2.45) is 0 Å². The number of amides is 1. The first kappa shape index (κ1) is 23.9. The summed E-state index contributed by atoms with van der Waals surface area (Å²) in [4.78, 5) is 41.7. The number of hydrogen-bond donors (Lipinski definition) is 2. The number of likely N-dealkylation sites (N-methyl/N-ethyl adjacent to an activating group) is 2. The van der Waals surface area contributed by atoms with Crippen LogP contribution in [0, 0.1) is 15.9 Å². The molecule has 9 nitrogen and oxygen atoms in total. The fraction of sp³-hybridized carbons (Fsp3) is 0.304. The summed E-state index contributed by atoms with van der Waals surface area (Å²) in [5.41, 5.74) is 0.867. The highest BCUT2D eigenvalue weighted by molar-refractivity contribution is 5.93. The van der Waals surface area contributed by atoms with Gasteiger partial charge in [-0.1, -0.05) is 12.1 Å². The predicted molar refractivity (Wildman–Crippen MR) is 121 cm³/mol. The summed E-state index contributed by atoms with van der Waals surface area (Å²) < 4.78 is 14.2. The Labute approximate surface area is 189 Å². The van der Waals surface area contributed by atoms with E-state index in [2.05, 4.69) is 4.98 Å². The molecule has 33 heavy (non-hydrogen) atoms. The van der Waals surface area contributed by atoms with Gasteiger partial charge >= 0.3 is 5.69 Å². The monoisotopic (exact) mass is 456 g/mol. The van der Waals surface area contributed by atoms with Crippen LogP contribution in [0.4, 0.5) is 10.1 Å². The second kappa shape index (κ2) is 9.78. The Hall–Kier alpha value is -3.79. The molecule has 0 saturated carbocycles. The first-order chi connectivity index (χ1) is 15.6. The summed E-state index contributed by atoms with van der Waals surface area (Å²) in [7, 11) is 4.88. The van der Waals surface area contributed by atoms with Crippen LogP contribution in [0.5, 0.6) is 5.75 Å². The summed E-state index contributed by atoms with van der Waals surface area (Å²) in [5, 5.41) is 21.3.